The average Bonchev–Trinajstić information content (AvgIpc) is 2.91. The number of halogens is 1. The molecule has 0 aliphatic carbocycles. The van der Waals surface area contributed by atoms with Crippen molar-refractivity contribution in [1.29, 1.82) is 5.26 Å². The van der Waals surface area contributed by atoms with Crippen LogP contribution in [-0.2, 0) is 4.79 Å². The number of fused-ring (bicyclic) bond motifs is 1. The van der Waals surface area contributed by atoms with Crippen molar-refractivity contribution in [3.05, 3.63) is 28.8 Å². The molecule has 0 saturated carbocycles. The highest BCUT2D eigenvalue weighted by molar-refractivity contribution is 6.32. The minimum Gasteiger partial charge on any atom is -0.454 e. The summed E-state index contributed by atoms with van der Waals surface area (Å²) in [6.07, 6.45) is 3.01. The van der Waals surface area contributed by atoms with Crippen molar-refractivity contribution < 1.29 is 14.3 Å². The molecule has 20 heavy (non-hydrogen) atoms. The SMILES string of the molecule is C[C@H](C#N)CNC(=O)/C=C\c1cc(Cl)c2c(c1)OCO2. The van der Waals surface area contributed by atoms with Gasteiger partial charge >= 0.3 is 0 Å². The normalized spacial score (nSPS) is 14.1. The molecular weight excluding hydrogens is 280 g/mol. The molecule has 1 aliphatic heterocycles. The number of rotatable bonds is 4. The van der Waals surface area contributed by atoms with Gasteiger partial charge in [0, 0.05) is 12.6 Å². The molecule has 5 nitrogen and oxygen atoms in total. The summed E-state index contributed by atoms with van der Waals surface area (Å²) < 4.78 is 10.4. The van der Waals surface area contributed by atoms with Crippen molar-refractivity contribution in [2.75, 3.05) is 13.3 Å². The van der Waals surface area contributed by atoms with E-state index in [1.807, 2.05) is 6.07 Å². The van der Waals surface area contributed by atoms with Gasteiger partial charge in [0.25, 0.3) is 0 Å². The number of hydrogen-bond acceptors (Lipinski definition) is 4. The van der Waals surface area contributed by atoms with Crippen molar-refractivity contribution in [3.63, 3.8) is 0 Å². The zero-order valence-electron chi connectivity index (χ0n) is 10.9. The molecule has 0 unspecified atom stereocenters. The predicted octanol–water partition coefficient (Wildman–Crippen LogP) is 2.36. The van der Waals surface area contributed by atoms with Crippen LogP contribution >= 0.6 is 11.6 Å². The fourth-order valence-corrected chi connectivity index (χ4v) is 1.89. The van der Waals surface area contributed by atoms with Gasteiger partial charge in [0.1, 0.15) is 0 Å². The molecular formula is C14H13ClN2O3. The second-order valence-corrected chi connectivity index (χ2v) is 4.75. The lowest BCUT2D eigenvalue weighted by Crippen LogP contribution is -2.25. The van der Waals surface area contributed by atoms with Crippen molar-refractivity contribution in [1.82, 2.24) is 5.32 Å². The van der Waals surface area contributed by atoms with Crippen LogP contribution in [0.4, 0.5) is 0 Å². The highest BCUT2D eigenvalue weighted by Crippen LogP contribution is 2.39. The van der Waals surface area contributed by atoms with E-state index >= 15 is 0 Å². The second kappa shape index (κ2) is 6.31. The molecule has 1 atom stereocenters. The molecule has 0 spiro atoms. The van der Waals surface area contributed by atoms with E-state index in [1.165, 1.54) is 6.08 Å². The Balaban J connectivity index is 2.00. The van der Waals surface area contributed by atoms with E-state index in [4.69, 9.17) is 26.3 Å². The zero-order chi connectivity index (χ0) is 14.5. The predicted molar refractivity (Wildman–Crippen MR) is 74.4 cm³/mol. The average molecular weight is 293 g/mol. The lowest BCUT2D eigenvalue weighted by Gasteiger charge is -2.03. The van der Waals surface area contributed by atoms with E-state index in [0.717, 1.165) is 5.56 Å². The van der Waals surface area contributed by atoms with Crippen LogP contribution in [0.15, 0.2) is 18.2 Å². The highest BCUT2D eigenvalue weighted by atomic mass is 35.5. The molecule has 0 radical (unpaired) electrons. The summed E-state index contributed by atoms with van der Waals surface area (Å²) in [5.41, 5.74) is 0.739. The number of carbonyl (C=O) groups is 1. The molecule has 104 valence electrons. The summed E-state index contributed by atoms with van der Waals surface area (Å²) in [6, 6.07) is 5.48. The smallest absolute Gasteiger partial charge is 0.244 e. The van der Waals surface area contributed by atoms with Gasteiger partial charge in [-0.15, -0.1) is 0 Å². The number of nitriles is 1. The summed E-state index contributed by atoms with van der Waals surface area (Å²) >= 11 is 6.04. The first kappa shape index (κ1) is 14.2. The van der Waals surface area contributed by atoms with E-state index in [2.05, 4.69) is 5.32 Å². The quantitative estimate of drug-likeness (QED) is 0.865. The lowest BCUT2D eigenvalue weighted by molar-refractivity contribution is -0.116. The first-order chi connectivity index (χ1) is 9.60. The third-order valence-corrected chi connectivity index (χ3v) is 2.96. The molecule has 0 bridgehead atoms. The molecule has 1 aliphatic rings. The van der Waals surface area contributed by atoms with Crippen molar-refractivity contribution in [2.24, 2.45) is 5.92 Å². The molecule has 1 aromatic rings. The minimum atomic E-state index is -0.263. The molecule has 1 aromatic carbocycles. The Morgan fingerprint density at radius 2 is 2.40 bits per heavy atom. The van der Waals surface area contributed by atoms with Crippen LogP contribution < -0.4 is 14.8 Å². The number of nitrogens with one attached hydrogen (secondary N) is 1. The fraction of sp³-hybridized carbons (Fsp3) is 0.286. The molecule has 1 amide bonds. The first-order valence-electron chi connectivity index (χ1n) is 6.05. The Hall–Kier alpha value is -2.19. The summed E-state index contributed by atoms with van der Waals surface area (Å²) in [4.78, 5) is 11.6. The van der Waals surface area contributed by atoms with E-state index < -0.39 is 0 Å². The van der Waals surface area contributed by atoms with Gasteiger partial charge in [0.2, 0.25) is 12.7 Å². The fourth-order valence-electron chi connectivity index (χ4n) is 1.61. The Labute approximate surface area is 121 Å². The van der Waals surface area contributed by atoms with Gasteiger partial charge in [0.05, 0.1) is 17.0 Å². The minimum absolute atomic E-state index is 0.148. The Morgan fingerprint density at radius 3 is 3.15 bits per heavy atom. The van der Waals surface area contributed by atoms with Crippen LogP contribution in [0.5, 0.6) is 11.5 Å². The van der Waals surface area contributed by atoms with Gasteiger partial charge in [-0.1, -0.05) is 11.6 Å². The highest BCUT2D eigenvalue weighted by Gasteiger charge is 2.17. The van der Waals surface area contributed by atoms with Crippen LogP contribution in [0, 0.1) is 17.2 Å². The number of amides is 1. The van der Waals surface area contributed by atoms with Gasteiger partial charge in [-0.3, -0.25) is 4.79 Å². The van der Waals surface area contributed by atoms with E-state index in [-0.39, 0.29) is 18.6 Å². The van der Waals surface area contributed by atoms with Gasteiger partial charge in [0.15, 0.2) is 11.5 Å². The topological polar surface area (TPSA) is 71.4 Å². The number of nitrogens with zero attached hydrogens (tertiary/aromatic N) is 1. The summed E-state index contributed by atoms with van der Waals surface area (Å²) in [7, 11) is 0. The van der Waals surface area contributed by atoms with Crippen molar-refractivity contribution in [2.45, 2.75) is 6.92 Å². The van der Waals surface area contributed by atoms with Crippen molar-refractivity contribution >= 4 is 23.6 Å². The van der Waals surface area contributed by atoms with Gasteiger partial charge in [-0.05, 0) is 30.7 Å². The third-order valence-electron chi connectivity index (χ3n) is 2.68. The summed E-state index contributed by atoms with van der Waals surface area (Å²) in [6.45, 7) is 2.21. The maximum absolute atomic E-state index is 11.6. The van der Waals surface area contributed by atoms with E-state index in [1.54, 1.807) is 25.1 Å². The zero-order valence-corrected chi connectivity index (χ0v) is 11.6. The Morgan fingerprint density at radius 1 is 1.60 bits per heavy atom. The number of ether oxygens (including phenoxy) is 2. The second-order valence-electron chi connectivity index (χ2n) is 4.35. The first-order valence-corrected chi connectivity index (χ1v) is 6.42. The standard InChI is InChI=1S/C14H13ClN2O3/c1-9(6-16)7-17-13(18)3-2-10-4-11(15)14-12(5-10)19-8-20-14/h2-5,9H,7-8H2,1H3,(H,17,18)/b3-2-/t9-/m1/s1. The number of benzene rings is 1. The lowest BCUT2D eigenvalue weighted by atomic mass is 10.2. The number of hydrogen-bond donors (Lipinski definition) is 1. The van der Waals surface area contributed by atoms with Crippen LogP contribution in [-0.4, -0.2) is 19.2 Å². The monoisotopic (exact) mass is 292 g/mol. The largest absolute Gasteiger partial charge is 0.454 e. The Bertz CT molecular complexity index is 593. The third kappa shape index (κ3) is 3.43. The summed E-state index contributed by atoms with van der Waals surface area (Å²) in [5.74, 6) is 0.611. The van der Waals surface area contributed by atoms with Crippen LogP contribution in [0.2, 0.25) is 5.02 Å². The number of carbonyl (C=O) groups excluding carboxylic acids is 1. The summed E-state index contributed by atoms with van der Waals surface area (Å²) in [5, 5.41) is 11.7. The molecule has 2 rings (SSSR count). The molecule has 6 heteroatoms. The van der Waals surface area contributed by atoms with E-state index in [9.17, 15) is 4.79 Å². The maximum Gasteiger partial charge on any atom is 0.244 e. The Kier molecular flexibility index (Phi) is 4.49. The van der Waals surface area contributed by atoms with Gasteiger partial charge in [-0.25, -0.2) is 0 Å². The van der Waals surface area contributed by atoms with Crippen LogP contribution in [0.25, 0.3) is 6.08 Å². The van der Waals surface area contributed by atoms with Gasteiger partial charge in [-0.2, -0.15) is 5.26 Å². The van der Waals surface area contributed by atoms with Gasteiger partial charge < -0.3 is 14.8 Å². The van der Waals surface area contributed by atoms with Crippen LogP contribution in [0.1, 0.15) is 12.5 Å². The molecule has 1 heterocycles. The molecule has 1 N–H and O–H groups in total. The van der Waals surface area contributed by atoms with Crippen molar-refractivity contribution in [3.8, 4) is 17.6 Å². The maximum atomic E-state index is 11.6. The molecule has 0 fully saturated rings. The van der Waals surface area contributed by atoms with Crippen LogP contribution in [0.3, 0.4) is 0 Å². The van der Waals surface area contributed by atoms with E-state index in [0.29, 0.717) is 23.1 Å². The molecule has 0 aromatic heterocycles. The molecule has 0 saturated heterocycles.